The summed E-state index contributed by atoms with van der Waals surface area (Å²) in [5.41, 5.74) is 0.211. The van der Waals surface area contributed by atoms with Crippen LogP contribution in [0.4, 0.5) is 0 Å². The van der Waals surface area contributed by atoms with Crippen LogP contribution in [-0.2, 0) is 0 Å². The molecule has 0 radical (unpaired) electrons. The van der Waals surface area contributed by atoms with Crippen molar-refractivity contribution >= 4 is 35.1 Å². The SMILES string of the molecule is O=C(O)c1cccc(OC(=O)c2cc(Cl)cc(Cl)c2)c1. The summed E-state index contributed by atoms with van der Waals surface area (Å²) in [6, 6.07) is 9.94. The van der Waals surface area contributed by atoms with E-state index in [9.17, 15) is 9.59 Å². The third-order valence-corrected chi connectivity index (χ3v) is 2.83. The molecule has 6 heteroatoms. The molecule has 0 unspecified atom stereocenters. The number of carbonyl (C=O) groups is 2. The van der Waals surface area contributed by atoms with Gasteiger partial charge < -0.3 is 9.84 Å². The molecule has 4 nitrogen and oxygen atoms in total. The van der Waals surface area contributed by atoms with Crippen LogP contribution in [0.2, 0.25) is 10.0 Å². The van der Waals surface area contributed by atoms with Crippen LogP contribution in [0.25, 0.3) is 0 Å². The predicted molar refractivity (Wildman–Crippen MR) is 74.8 cm³/mol. The average molecular weight is 311 g/mol. The minimum absolute atomic E-state index is 0.0272. The molecule has 0 heterocycles. The summed E-state index contributed by atoms with van der Waals surface area (Å²) in [5, 5.41) is 9.48. The maximum atomic E-state index is 11.9. The Bertz CT molecular complexity index is 662. The second kappa shape index (κ2) is 5.94. The number of hydrogen-bond acceptors (Lipinski definition) is 3. The molecule has 2 aromatic rings. The second-order valence-corrected chi connectivity index (χ2v) is 4.75. The summed E-state index contributed by atoms with van der Waals surface area (Å²) in [7, 11) is 0. The predicted octanol–water partition coefficient (Wildman–Crippen LogP) is 3.91. The van der Waals surface area contributed by atoms with E-state index in [0.717, 1.165) is 0 Å². The summed E-state index contributed by atoms with van der Waals surface area (Å²) in [6.45, 7) is 0. The van der Waals surface area contributed by atoms with Gasteiger partial charge in [0, 0.05) is 10.0 Å². The minimum atomic E-state index is -1.10. The molecule has 20 heavy (non-hydrogen) atoms. The van der Waals surface area contributed by atoms with Crippen molar-refractivity contribution in [2.75, 3.05) is 0 Å². The lowest BCUT2D eigenvalue weighted by atomic mass is 10.2. The molecule has 0 saturated carbocycles. The van der Waals surface area contributed by atoms with Crippen LogP contribution in [0.15, 0.2) is 42.5 Å². The first kappa shape index (κ1) is 14.4. The maximum Gasteiger partial charge on any atom is 0.343 e. The summed E-state index contributed by atoms with van der Waals surface area (Å²) in [4.78, 5) is 22.7. The minimum Gasteiger partial charge on any atom is -0.478 e. The van der Waals surface area contributed by atoms with Gasteiger partial charge in [-0.3, -0.25) is 0 Å². The molecule has 0 fully saturated rings. The van der Waals surface area contributed by atoms with E-state index in [1.807, 2.05) is 0 Å². The number of aromatic carboxylic acids is 1. The fraction of sp³-hybridized carbons (Fsp3) is 0. The zero-order chi connectivity index (χ0) is 14.7. The van der Waals surface area contributed by atoms with Crippen LogP contribution in [0.5, 0.6) is 5.75 Å². The van der Waals surface area contributed by atoms with Crippen LogP contribution < -0.4 is 4.74 Å². The van der Waals surface area contributed by atoms with E-state index < -0.39 is 11.9 Å². The standard InChI is InChI=1S/C14H8Cl2O4/c15-10-4-9(5-11(16)7-10)14(19)20-12-3-1-2-8(6-12)13(17)18/h1-7H,(H,17,18). The van der Waals surface area contributed by atoms with E-state index >= 15 is 0 Å². The summed E-state index contributed by atoms with van der Waals surface area (Å²) in [5.74, 6) is -1.64. The Hall–Kier alpha value is -2.04. The van der Waals surface area contributed by atoms with Gasteiger partial charge >= 0.3 is 11.9 Å². The van der Waals surface area contributed by atoms with Crippen molar-refractivity contribution in [1.82, 2.24) is 0 Å². The Morgan fingerprint density at radius 3 is 2.20 bits per heavy atom. The Labute approximate surface area is 124 Å². The Balaban J connectivity index is 2.23. The molecule has 0 aromatic heterocycles. The Kier molecular flexibility index (Phi) is 4.27. The quantitative estimate of drug-likeness (QED) is 0.689. The Morgan fingerprint density at radius 2 is 1.60 bits per heavy atom. The molecule has 0 bridgehead atoms. The Morgan fingerprint density at radius 1 is 0.950 bits per heavy atom. The van der Waals surface area contributed by atoms with Crippen molar-refractivity contribution < 1.29 is 19.4 Å². The highest BCUT2D eigenvalue weighted by molar-refractivity contribution is 6.35. The van der Waals surface area contributed by atoms with Crippen LogP contribution in [0.1, 0.15) is 20.7 Å². The van der Waals surface area contributed by atoms with Crippen molar-refractivity contribution in [2.45, 2.75) is 0 Å². The molecule has 0 aliphatic carbocycles. The van der Waals surface area contributed by atoms with E-state index in [2.05, 4.69) is 0 Å². The number of esters is 1. The molecular formula is C14H8Cl2O4. The lowest BCUT2D eigenvalue weighted by Gasteiger charge is -2.06. The topological polar surface area (TPSA) is 63.6 Å². The van der Waals surface area contributed by atoms with Crippen molar-refractivity contribution in [3.05, 3.63) is 63.6 Å². The largest absolute Gasteiger partial charge is 0.478 e. The molecule has 2 rings (SSSR count). The number of benzene rings is 2. The number of carboxylic acid groups (broad SMARTS) is 1. The zero-order valence-corrected chi connectivity index (χ0v) is 11.5. The molecule has 2 aromatic carbocycles. The van der Waals surface area contributed by atoms with E-state index in [1.165, 1.54) is 42.5 Å². The number of carboxylic acids is 1. The average Bonchev–Trinajstić information content (AvgIpc) is 2.37. The highest BCUT2D eigenvalue weighted by atomic mass is 35.5. The molecule has 1 N–H and O–H groups in total. The first-order valence-electron chi connectivity index (χ1n) is 5.47. The summed E-state index contributed by atoms with van der Waals surface area (Å²) < 4.78 is 5.08. The van der Waals surface area contributed by atoms with E-state index in [4.69, 9.17) is 33.0 Å². The number of carbonyl (C=O) groups excluding carboxylic acids is 1. The van der Waals surface area contributed by atoms with Crippen molar-refractivity contribution in [3.63, 3.8) is 0 Å². The van der Waals surface area contributed by atoms with Gasteiger partial charge in [0.2, 0.25) is 0 Å². The van der Waals surface area contributed by atoms with Gasteiger partial charge in [-0.1, -0.05) is 29.3 Å². The molecular weight excluding hydrogens is 303 g/mol. The number of ether oxygens (including phenoxy) is 1. The van der Waals surface area contributed by atoms with Gasteiger partial charge in [0.15, 0.2) is 0 Å². The fourth-order valence-corrected chi connectivity index (χ4v) is 2.06. The number of halogens is 2. The molecule has 0 atom stereocenters. The highest BCUT2D eigenvalue weighted by Crippen LogP contribution is 2.21. The normalized spacial score (nSPS) is 10.1. The van der Waals surface area contributed by atoms with Crippen LogP contribution in [0, 0.1) is 0 Å². The van der Waals surface area contributed by atoms with Crippen LogP contribution in [0.3, 0.4) is 0 Å². The summed E-state index contributed by atoms with van der Waals surface area (Å²) in [6.07, 6.45) is 0. The van der Waals surface area contributed by atoms with Crippen molar-refractivity contribution in [2.24, 2.45) is 0 Å². The van der Waals surface area contributed by atoms with Crippen molar-refractivity contribution in [1.29, 1.82) is 0 Å². The van der Waals surface area contributed by atoms with Gasteiger partial charge in [-0.15, -0.1) is 0 Å². The number of rotatable bonds is 3. The van der Waals surface area contributed by atoms with Crippen molar-refractivity contribution in [3.8, 4) is 5.75 Å². The lowest BCUT2D eigenvalue weighted by molar-refractivity contribution is 0.0687. The highest BCUT2D eigenvalue weighted by Gasteiger charge is 2.12. The molecule has 0 aliphatic rings. The van der Waals surface area contributed by atoms with Gasteiger partial charge in [-0.25, -0.2) is 9.59 Å². The summed E-state index contributed by atoms with van der Waals surface area (Å²) >= 11 is 11.6. The third-order valence-electron chi connectivity index (χ3n) is 2.39. The zero-order valence-electron chi connectivity index (χ0n) is 9.97. The molecule has 102 valence electrons. The van der Waals surface area contributed by atoms with E-state index in [1.54, 1.807) is 0 Å². The van der Waals surface area contributed by atoms with Crippen LogP contribution in [-0.4, -0.2) is 17.0 Å². The van der Waals surface area contributed by atoms with Crippen LogP contribution >= 0.6 is 23.2 Å². The smallest absolute Gasteiger partial charge is 0.343 e. The van der Waals surface area contributed by atoms with Gasteiger partial charge in [0.25, 0.3) is 0 Å². The molecule has 0 amide bonds. The van der Waals surface area contributed by atoms with Gasteiger partial charge in [-0.2, -0.15) is 0 Å². The van der Waals surface area contributed by atoms with Gasteiger partial charge in [-0.05, 0) is 36.4 Å². The first-order valence-corrected chi connectivity index (χ1v) is 6.23. The maximum absolute atomic E-state index is 11.9. The van der Waals surface area contributed by atoms with E-state index in [0.29, 0.717) is 10.0 Å². The fourth-order valence-electron chi connectivity index (χ4n) is 1.53. The van der Waals surface area contributed by atoms with Gasteiger partial charge in [0.1, 0.15) is 5.75 Å². The third kappa shape index (κ3) is 3.50. The molecule has 0 saturated heterocycles. The lowest BCUT2D eigenvalue weighted by Crippen LogP contribution is -2.09. The first-order chi connectivity index (χ1) is 9.45. The second-order valence-electron chi connectivity index (χ2n) is 3.88. The van der Waals surface area contributed by atoms with E-state index in [-0.39, 0.29) is 16.9 Å². The monoisotopic (exact) mass is 310 g/mol. The van der Waals surface area contributed by atoms with Gasteiger partial charge in [0.05, 0.1) is 11.1 Å². The molecule has 0 aliphatic heterocycles. The molecule has 0 spiro atoms. The number of hydrogen-bond donors (Lipinski definition) is 1.